The molecule has 5 rings (SSSR count). The van der Waals surface area contributed by atoms with E-state index in [1.807, 2.05) is 84.3 Å². The van der Waals surface area contributed by atoms with E-state index in [2.05, 4.69) is 15.9 Å². The van der Waals surface area contributed by atoms with Gasteiger partial charge in [0.15, 0.2) is 11.5 Å². The fourth-order valence-corrected chi connectivity index (χ4v) is 4.75. The van der Waals surface area contributed by atoms with E-state index in [-0.39, 0.29) is 5.91 Å². The van der Waals surface area contributed by atoms with Crippen molar-refractivity contribution in [3.8, 4) is 22.8 Å². The summed E-state index contributed by atoms with van der Waals surface area (Å²) in [7, 11) is 3.17. The summed E-state index contributed by atoms with van der Waals surface area (Å²) in [5, 5.41) is 8.52. The van der Waals surface area contributed by atoms with Crippen molar-refractivity contribution in [3.63, 3.8) is 0 Å². The second-order valence-electron chi connectivity index (χ2n) is 7.63. The molecule has 0 saturated heterocycles. The van der Waals surface area contributed by atoms with E-state index < -0.39 is 0 Å². The fraction of sp³-hybridized carbons (Fsp3) is 0.0741. The van der Waals surface area contributed by atoms with Gasteiger partial charge in [-0.1, -0.05) is 64.5 Å². The first-order valence-corrected chi connectivity index (χ1v) is 12.4. The number of ether oxygens (including phenoxy) is 2. The Labute approximate surface area is 215 Å². The number of aromatic nitrogens is 1. The lowest BCUT2D eigenvalue weighted by atomic mass is 10.00. The molecule has 0 N–H and O–H groups in total. The number of methoxy groups -OCH3 is 2. The summed E-state index contributed by atoms with van der Waals surface area (Å²) in [6.45, 7) is 0. The number of hydrazone groups is 1. The lowest BCUT2D eigenvalue weighted by molar-refractivity contribution is -0.114. The fourth-order valence-electron chi connectivity index (χ4n) is 3.71. The quantitative estimate of drug-likeness (QED) is 0.262. The van der Waals surface area contributed by atoms with Crippen molar-refractivity contribution in [1.29, 1.82) is 0 Å². The van der Waals surface area contributed by atoms with Crippen LogP contribution in [0, 0.1) is 0 Å². The zero-order valence-electron chi connectivity index (χ0n) is 18.9. The molecule has 35 heavy (non-hydrogen) atoms. The van der Waals surface area contributed by atoms with Crippen LogP contribution in [0.1, 0.15) is 11.1 Å². The third kappa shape index (κ3) is 4.62. The average Bonchev–Trinajstić information content (AvgIpc) is 3.50. The molecular weight excluding hydrogens is 526 g/mol. The molecule has 3 aromatic carbocycles. The van der Waals surface area contributed by atoms with Gasteiger partial charge in [-0.25, -0.2) is 4.98 Å². The maximum atomic E-state index is 13.6. The zero-order chi connectivity index (χ0) is 24.4. The van der Waals surface area contributed by atoms with Crippen LogP contribution in [0.5, 0.6) is 11.5 Å². The van der Waals surface area contributed by atoms with Crippen molar-refractivity contribution in [1.82, 2.24) is 4.98 Å². The van der Waals surface area contributed by atoms with Crippen molar-refractivity contribution >= 4 is 50.1 Å². The number of thiazole rings is 1. The van der Waals surface area contributed by atoms with Crippen molar-refractivity contribution in [3.05, 3.63) is 99.3 Å². The summed E-state index contributed by atoms with van der Waals surface area (Å²) >= 11 is 4.83. The Bertz CT molecular complexity index is 1450. The van der Waals surface area contributed by atoms with Gasteiger partial charge in [-0.05, 0) is 35.9 Å². The minimum Gasteiger partial charge on any atom is -0.493 e. The van der Waals surface area contributed by atoms with E-state index in [4.69, 9.17) is 19.6 Å². The van der Waals surface area contributed by atoms with Gasteiger partial charge >= 0.3 is 0 Å². The van der Waals surface area contributed by atoms with Crippen LogP contribution >= 0.6 is 27.3 Å². The van der Waals surface area contributed by atoms with Crippen LogP contribution in [0.4, 0.5) is 5.13 Å². The average molecular weight is 546 g/mol. The molecule has 1 aromatic heterocycles. The van der Waals surface area contributed by atoms with E-state index >= 15 is 0 Å². The summed E-state index contributed by atoms with van der Waals surface area (Å²) in [5.74, 6) is 0.964. The topological polar surface area (TPSA) is 64.0 Å². The van der Waals surface area contributed by atoms with Gasteiger partial charge in [0.2, 0.25) is 5.13 Å². The Morgan fingerprint density at radius 1 is 0.914 bits per heavy atom. The molecule has 174 valence electrons. The van der Waals surface area contributed by atoms with Crippen LogP contribution in [0.3, 0.4) is 0 Å². The number of hydrogen-bond donors (Lipinski definition) is 0. The Kier molecular flexibility index (Phi) is 6.48. The third-order valence-electron chi connectivity index (χ3n) is 5.46. The molecule has 1 aliphatic rings. The molecule has 1 aliphatic heterocycles. The van der Waals surface area contributed by atoms with E-state index in [0.717, 1.165) is 26.9 Å². The van der Waals surface area contributed by atoms with Crippen molar-refractivity contribution in [2.45, 2.75) is 0 Å². The number of anilines is 1. The molecule has 0 bridgehead atoms. The summed E-state index contributed by atoms with van der Waals surface area (Å²) in [6.07, 6.45) is 1.82. The molecule has 1 amide bonds. The Hall–Kier alpha value is -3.75. The summed E-state index contributed by atoms with van der Waals surface area (Å²) < 4.78 is 11.8. The van der Waals surface area contributed by atoms with Gasteiger partial charge in [0.1, 0.15) is 5.71 Å². The van der Waals surface area contributed by atoms with Gasteiger partial charge in [0, 0.05) is 21.0 Å². The highest BCUT2D eigenvalue weighted by Crippen LogP contribution is 2.34. The lowest BCUT2D eigenvalue weighted by Gasteiger charge is -2.09. The molecule has 0 fully saturated rings. The standard InChI is InChI=1S/C27H20BrN3O3S/c1-33-23-13-8-17(15-24(23)34-2)14-21-25(19-6-4-3-5-7-19)30-31(26(21)32)27-29-22(16-35-27)18-9-11-20(28)12-10-18/h3-16H,1-2H3. The number of halogens is 1. The molecule has 6 nitrogen and oxygen atoms in total. The second-order valence-corrected chi connectivity index (χ2v) is 9.38. The van der Waals surface area contributed by atoms with Crippen molar-refractivity contribution in [2.75, 3.05) is 19.2 Å². The summed E-state index contributed by atoms with van der Waals surface area (Å²) in [5.41, 5.74) is 4.47. The monoisotopic (exact) mass is 545 g/mol. The molecule has 0 aliphatic carbocycles. The van der Waals surface area contributed by atoms with E-state index in [1.54, 1.807) is 14.2 Å². The number of hydrogen-bond acceptors (Lipinski definition) is 6. The maximum Gasteiger partial charge on any atom is 0.283 e. The largest absolute Gasteiger partial charge is 0.493 e. The highest BCUT2D eigenvalue weighted by molar-refractivity contribution is 9.10. The first-order chi connectivity index (χ1) is 17.1. The predicted molar refractivity (Wildman–Crippen MR) is 143 cm³/mol. The molecule has 0 saturated carbocycles. The Morgan fingerprint density at radius 3 is 2.37 bits per heavy atom. The minimum atomic E-state index is -0.240. The molecule has 0 radical (unpaired) electrons. The number of carbonyl (C=O) groups excluding carboxylic acids is 1. The van der Waals surface area contributed by atoms with Crippen molar-refractivity contribution in [2.24, 2.45) is 5.10 Å². The van der Waals surface area contributed by atoms with Gasteiger partial charge in [0.25, 0.3) is 5.91 Å². The van der Waals surface area contributed by atoms with Crippen LogP contribution in [0.15, 0.2) is 93.3 Å². The highest BCUT2D eigenvalue weighted by atomic mass is 79.9. The Morgan fingerprint density at radius 2 is 1.66 bits per heavy atom. The number of amides is 1. The van der Waals surface area contributed by atoms with Crippen molar-refractivity contribution < 1.29 is 14.3 Å². The summed E-state index contributed by atoms with van der Waals surface area (Å²) in [6, 6.07) is 23.1. The van der Waals surface area contributed by atoms with Gasteiger partial charge in [-0.3, -0.25) is 4.79 Å². The summed E-state index contributed by atoms with van der Waals surface area (Å²) in [4.78, 5) is 18.3. The number of carbonyl (C=O) groups is 1. The smallest absolute Gasteiger partial charge is 0.283 e. The van der Waals surface area contributed by atoms with Crippen LogP contribution in [0.25, 0.3) is 17.3 Å². The second kappa shape index (κ2) is 9.85. The first-order valence-electron chi connectivity index (χ1n) is 10.7. The number of nitrogens with zero attached hydrogens (tertiary/aromatic N) is 3. The number of benzene rings is 3. The van der Waals surface area contributed by atoms with Crippen LogP contribution in [-0.2, 0) is 4.79 Å². The van der Waals surface area contributed by atoms with Crippen LogP contribution < -0.4 is 14.5 Å². The molecule has 2 heterocycles. The first kappa shape index (κ1) is 23.0. The zero-order valence-corrected chi connectivity index (χ0v) is 21.3. The van der Waals surface area contributed by atoms with E-state index in [0.29, 0.717) is 27.9 Å². The van der Waals surface area contributed by atoms with Crippen LogP contribution in [0.2, 0.25) is 0 Å². The van der Waals surface area contributed by atoms with E-state index in [9.17, 15) is 4.79 Å². The van der Waals surface area contributed by atoms with Crippen LogP contribution in [-0.4, -0.2) is 30.8 Å². The van der Waals surface area contributed by atoms with Gasteiger partial charge < -0.3 is 9.47 Å². The number of rotatable bonds is 6. The Balaban J connectivity index is 1.55. The highest BCUT2D eigenvalue weighted by Gasteiger charge is 2.33. The predicted octanol–water partition coefficient (Wildman–Crippen LogP) is 6.42. The van der Waals surface area contributed by atoms with E-state index in [1.165, 1.54) is 16.3 Å². The van der Waals surface area contributed by atoms with Gasteiger partial charge in [0.05, 0.1) is 25.5 Å². The molecule has 0 atom stereocenters. The molecular formula is C27H20BrN3O3S. The van der Waals surface area contributed by atoms with Gasteiger partial charge in [-0.15, -0.1) is 11.3 Å². The maximum absolute atomic E-state index is 13.6. The van der Waals surface area contributed by atoms with Gasteiger partial charge in [-0.2, -0.15) is 10.1 Å². The SMILES string of the molecule is COc1ccc(C=C2C(=O)N(c3nc(-c4ccc(Br)cc4)cs3)N=C2c2ccccc2)cc1OC. The molecule has 0 unspecified atom stereocenters. The third-order valence-corrected chi connectivity index (χ3v) is 6.80. The molecule has 0 spiro atoms. The normalized spacial score (nSPS) is 14.4. The minimum absolute atomic E-state index is 0.240. The lowest BCUT2D eigenvalue weighted by Crippen LogP contribution is -2.21. The molecule has 4 aromatic rings. The molecule has 8 heteroatoms.